The summed E-state index contributed by atoms with van der Waals surface area (Å²) in [7, 11) is 3.16. The fourth-order valence-electron chi connectivity index (χ4n) is 3.65. The van der Waals surface area contributed by atoms with Gasteiger partial charge in [0.1, 0.15) is 5.75 Å². The zero-order chi connectivity index (χ0) is 19.3. The standard InChI is InChI=1S/C22H30O3S/c1-7-22(8-2,17-9-10-18(24-5)15(3)13-17)20-14-16(4)19(26-20)11-12-21(23)25-6/h9-10,13-14H,7-8,11-12H2,1-6H3. The molecule has 1 aromatic heterocycles. The average molecular weight is 375 g/mol. The molecule has 0 aliphatic heterocycles. The molecular weight excluding hydrogens is 344 g/mol. The first-order valence-electron chi connectivity index (χ1n) is 9.23. The summed E-state index contributed by atoms with van der Waals surface area (Å²) in [6, 6.07) is 8.84. The van der Waals surface area contributed by atoms with Gasteiger partial charge in [-0.05, 0) is 61.9 Å². The molecule has 0 unspecified atom stereocenters. The monoisotopic (exact) mass is 374 g/mol. The first kappa shape index (κ1) is 20.5. The van der Waals surface area contributed by atoms with Crippen LogP contribution in [-0.4, -0.2) is 20.2 Å². The minimum absolute atomic E-state index is 0.00399. The molecule has 0 aliphatic rings. The van der Waals surface area contributed by atoms with Crippen molar-refractivity contribution in [1.82, 2.24) is 0 Å². The third-order valence-electron chi connectivity index (χ3n) is 5.43. The first-order valence-corrected chi connectivity index (χ1v) is 10.0. The fourth-order valence-corrected chi connectivity index (χ4v) is 5.17. The predicted octanol–water partition coefficient (Wildman–Crippen LogP) is 5.59. The number of methoxy groups -OCH3 is 2. The smallest absolute Gasteiger partial charge is 0.305 e. The Bertz CT molecular complexity index is 757. The zero-order valence-corrected chi connectivity index (χ0v) is 17.6. The Kier molecular flexibility index (Phi) is 6.87. The lowest BCUT2D eigenvalue weighted by molar-refractivity contribution is -0.140. The number of carbonyl (C=O) groups excluding carboxylic acids is 1. The van der Waals surface area contributed by atoms with Crippen molar-refractivity contribution in [1.29, 1.82) is 0 Å². The highest BCUT2D eigenvalue weighted by Gasteiger charge is 2.33. The van der Waals surface area contributed by atoms with Gasteiger partial charge in [-0.25, -0.2) is 0 Å². The Balaban J connectivity index is 2.43. The van der Waals surface area contributed by atoms with Crippen molar-refractivity contribution in [3.8, 4) is 5.75 Å². The molecule has 1 aromatic carbocycles. The number of hydrogen-bond donors (Lipinski definition) is 0. The maximum absolute atomic E-state index is 11.5. The molecule has 142 valence electrons. The van der Waals surface area contributed by atoms with E-state index >= 15 is 0 Å². The first-order chi connectivity index (χ1) is 12.4. The lowest BCUT2D eigenvalue weighted by Gasteiger charge is -2.32. The van der Waals surface area contributed by atoms with Crippen LogP contribution < -0.4 is 4.74 Å². The number of aryl methyl sites for hydroxylation is 3. The van der Waals surface area contributed by atoms with Gasteiger partial charge in [0.2, 0.25) is 0 Å². The Morgan fingerprint density at radius 1 is 1.08 bits per heavy atom. The molecule has 0 fully saturated rings. The van der Waals surface area contributed by atoms with Crippen molar-refractivity contribution < 1.29 is 14.3 Å². The second-order valence-electron chi connectivity index (χ2n) is 6.77. The number of rotatable bonds is 8. The molecule has 0 saturated heterocycles. The summed E-state index contributed by atoms with van der Waals surface area (Å²) in [6.07, 6.45) is 3.25. The SMILES string of the molecule is CCC(CC)(c1ccc(OC)c(C)c1)c1cc(C)c(CCC(=O)OC)s1. The van der Waals surface area contributed by atoms with Gasteiger partial charge in [0.05, 0.1) is 20.6 Å². The highest BCUT2D eigenvalue weighted by Crippen LogP contribution is 2.44. The van der Waals surface area contributed by atoms with Crippen LogP contribution >= 0.6 is 11.3 Å². The van der Waals surface area contributed by atoms with Crippen LogP contribution in [0.25, 0.3) is 0 Å². The van der Waals surface area contributed by atoms with Crippen LogP contribution in [0.1, 0.15) is 59.6 Å². The number of ether oxygens (including phenoxy) is 2. The van der Waals surface area contributed by atoms with E-state index in [-0.39, 0.29) is 11.4 Å². The molecule has 0 aliphatic carbocycles. The quantitative estimate of drug-likeness (QED) is 0.565. The van der Waals surface area contributed by atoms with Crippen LogP contribution in [0.3, 0.4) is 0 Å². The topological polar surface area (TPSA) is 35.5 Å². The summed E-state index contributed by atoms with van der Waals surface area (Å²) in [4.78, 5) is 14.2. The Hall–Kier alpha value is -1.81. The molecule has 0 saturated carbocycles. The molecule has 0 spiro atoms. The van der Waals surface area contributed by atoms with Crippen molar-refractivity contribution in [3.05, 3.63) is 50.7 Å². The van der Waals surface area contributed by atoms with E-state index in [1.165, 1.54) is 28.0 Å². The summed E-state index contributed by atoms with van der Waals surface area (Å²) in [5, 5.41) is 0. The second-order valence-corrected chi connectivity index (χ2v) is 7.90. The highest BCUT2D eigenvalue weighted by molar-refractivity contribution is 7.12. The van der Waals surface area contributed by atoms with E-state index in [9.17, 15) is 4.79 Å². The van der Waals surface area contributed by atoms with E-state index in [2.05, 4.69) is 52.0 Å². The molecular formula is C22H30O3S. The van der Waals surface area contributed by atoms with E-state index in [1.54, 1.807) is 7.11 Å². The van der Waals surface area contributed by atoms with Crippen LogP contribution in [0, 0.1) is 13.8 Å². The van der Waals surface area contributed by atoms with Crippen molar-refractivity contribution >= 4 is 17.3 Å². The van der Waals surface area contributed by atoms with Crippen LogP contribution in [0.4, 0.5) is 0 Å². The van der Waals surface area contributed by atoms with Crippen LogP contribution in [0.2, 0.25) is 0 Å². The summed E-state index contributed by atoms with van der Waals surface area (Å²) in [6.45, 7) is 8.75. The number of benzene rings is 1. The van der Waals surface area contributed by atoms with E-state index in [1.807, 2.05) is 11.3 Å². The van der Waals surface area contributed by atoms with Gasteiger partial charge < -0.3 is 9.47 Å². The number of thiophene rings is 1. The highest BCUT2D eigenvalue weighted by atomic mass is 32.1. The Labute approximate surface area is 161 Å². The van der Waals surface area contributed by atoms with E-state index < -0.39 is 0 Å². The minimum Gasteiger partial charge on any atom is -0.496 e. The predicted molar refractivity (Wildman–Crippen MR) is 108 cm³/mol. The molecule has 0 bridgehead atoms. The van der Waals surface area contributed by atoms with Crippen molar-refractivity contribution in [2.45, 2.75) is 58.8 Å². The summed E-state index contributed by atoms with van der Waals surface area (Å²) >= 11 is 1.84. The van der Waals surface area contributed by atoms with E-state index in [4.69, 9.17) is 9.47 Å². The number of carbonyl (C=O) groups is 1. The van der Waals surface area contributed by atoms with Gasteiger partial charge in [0.15, 0.2) is 0 Å². The number of esters is 1. The molecule has 0 radical (unpaired) electrons. The fraction of sp³-hybridized carbons (Fsp3) is 0.500. The molecule has 2 rings (SSSR count). The molecule has 2 aromatic rings. The molecule has 3 nitrogen and oxygen atoms in total. The van der Waals surface area contributed by atoms with Gasteiger partial charge in [-0.15, -0.1) is 11.3 Å². The maximum Gasteiger partial charge on any atom is 0.305 e. The van der Waals surface area contributed by atoms with Gasteiger partial charge in [-0.2, -0.15) is 0 Å². The lowest BCUT2D eigenvalue weighted by Crippen LogP contribution is -2.25. The van der Waals surface area contributed by atoms with Crippen molar-refractivity contribution in [2.24, 2.45) is 0 Å². The van der Waals surface area contributed by atoms with Gasteiger partial charge >= 0.3 is 5.97 Å². The Morgan fingerprint density at radius 3 is 2.31 bits per heavy atom. The maximum atomic E-state index is 11.5. The molecule has 0 N–H and O–H groups in total. The molecule has 1 heterocycles. The van der Waals surface area contributed by atoms with Gasteiger partial charge in [-0.1, -0.05) is 26.0 Å². The van der Waals surface area contributed by atoms with Gasteiger partial charge in [-0.3, -0.25) is 4.79 Å². The van der Waals surface area contributed by atoms with E-state index in [0.29, 0.717) is 6.42 Å². The molecule has 0 amide bonds. The third-order valence-corrected chi connectivity index (χ3v) is 6.93. The summed E-state index contributed by atoms with van der Waals surface area (Å²) in [5.74, 6) is 0.776. The Morgan fingerprint density at radius 2 is 1.77 bits per heavy atom. The molecule has 0 atom stereocenters. The number of hydrogen-bond acceptors (Lipinski definition) is 4. The third kappa shape index (κ3) is 3.96. The minimum atomic E-state index is -0.151. The zero-order valence-electron chi connectivity index (χ0n) is 16.8. The van der Waals surface area contributed by atoms with Gasteiger partial charge in [0, 0.05) is 15.2 Å². The van der Waals surface area contributed by atoms with Crippen molar-refractivity contribution in [2.75, 3.05) is 14.2 Å². The van der Waals surface area contributed by atoms with Gasteiger partial charge in [0.25, 0.3) is 0 Å². The van der Waals surface area contributed by atoms with Crippen LogP contribution in [0.5, 0.6) is 5.75 Å². The normalized spacial score (nSPS) is 11.5. The van der Waals surface area contributed by atoms with Crippen LogP contribution in [0.15, 0.2) is 24.3 Å². The summed E-state index contributed by atoms with van der Waals surface area (Å²) < 4.78 is 10.2. The van der Waals surface area contributed by atoms with Crippen molar-refractivity contribution in [3.63, 3.8) is 0 Å². The lowest BCUT2D eigenvalue weighted by atomic mass is 9.74. The average Bonchev–Trinajstić information content (AvgIpc) is 3.02. The molecule has 26 heavy (non-hydrogen) atoms. The molecule has 4 heteroatoms. The van der Waals surface area contributed by atoms with E-state index in [0.717, 1.165) is 30.6 Å². The largest absolute Gasteiger partial charge is 0.496 e. The second kappa shape index (κ2) is 8.72. The van der Waals surface area contributed by atoms with Crippen LogP contribution in [-0.2, 0) is 21.4 Å². The summed E-state index contributed by atoms with van der Waals surface area (Å²) in [5.41, 5.74) is 3.76.